The molecule has 5 rings (SSSR count). The van der Waals surface area contributed by atoms with E-state index in [4.69, 9.17) is 17.3 Å². The van der Waals surface area contributed by atoms with Gasteiger partial charge in [-0.3, -0.25) is 0 Å². The molecule has 1 atom stereocenters. The minimum absolute atomic E-state index is 0.116. The number of hydrogen-bond acceptors (Lipinski definition) is 1. The molecule has 3 heteroatoms. The van der Waals surface area contributed by atoms with Gasteiger partial charge in [0.2, 0.25) is 0 Å². The van der Waals surface area contributed by atoms with Crippen LogP contribution in [0.25, 0.3) is 0 Å². The minimum atomic E-state index is -0.327. The molecule has 1 aromatic rings. The third-order valence-corrected chi connectivity index (χ3v) is 6.77. The standard InChI is InChI=1S/C18H23ClFN/c19-17-14(2-1-3-15(17)20)7-16(21)18-8-11-4-12(9-18)6-13(5-11)10-18/h1-3,11-13,16H,4-10,21H2. The van der Waals surface area contributed by atoms with Crippen LogP contribution in [0.5, 0.6) is 0 Å². The Kier molecular flexibility index (Phi) is 3.31. The van der Waals surface area contributed by atoms with E-state index in [1.165, 1.54) is 44.6 Å². The van der Waals surface area contributed by atoms with Crippen LogP contribution in [0.15, 0.2) is 18.2 Å². The number of halogens is 2. The Balaban J connectivity index is 1.57. The van der Waals surface area contributed by atoms with Crippen molar-refractivity contribution in [3.63, 3.8) is 0 Å². The molecule has 0 heterocycles. The lowest BCUT2D eigenvalue weighted by Crippen LogP contribution is -2.55. The van der Waals surface area contributed by atoms with Gasteiger partial charge in [0.05, 0.1) is 5.02 Å². The Morgan fingerprint density at radius 2 is 1.71 bits per heavy atom. The summed E-state index contributed by atoms with van der Waals surface area (Å²) in [5.41, 5.74) is 7.81. The lowest BCUT2D eigenvalue weighted by Gasteiger charge is -2.59. The molecule has 0 radical (unpaired) electrons. The van der Waals surface area contributed by atoms with E-state index in [2.05, 4.69) is 0 Å². The number of rotatable bonds is 3. The lowest BCUT2D eigenvalue weighted by molar-refractivity contribution is -0.0667. The quantitative estimate of drug-likeness (QED) is 0.870. The first kappa shape index (κ1) is 14.0. The molecule has 1 nitrogen and oxygen atoms in total. The van der Waals surface area contributed by atoms with Gasteiger partial charge >= 0.3 is 0 Å². The summed E-state index contributed by atoms with van der Waals surface area (Å²) in [6.07, 6.45) is 8.84. The van der Waals surface area contributed by atoms with Crippen molar-refractivity contribution in [3.8, 4) is 0 Å². The second-order valence-electron chi connectivity index (χ2n) is 7.80. The molecule has 4 bridgehead atoms. The molecule has 21 heavy (non-hydrogen) atoms. The summed E-state index contributed by atoms with van der Waals surface area (Å²) in [6.45, 7) is 0. The second kappa shape index (κ2) is 4.96. The molecule has 4 aliphatic rings. The number of hydrogen-bond donors (Lipinski definition) is 1. The van der Waals surface area contributed by atoms with Crippen LogP contribution in [0.4, 0.5) is 4.39 Å². The van der Waals surface area contributed by atoms with Crippen molar-refractivity contribution in [1.29, 1.82) is 0 Å². The topological polar surface area (TPSA) is 26.0 Å². The molecular weight excluding hydrogens is 285 g/mol. The first-order valence-electron chi connectivity index (χ1n) is 8.24. The van der Waals surface area contributed by atoms with E-state index in [-0.39, 0.29) is 16.9 Å². The monoisotopic (exact) mass is 307 g/mol. The predicted molar refractivity (Wildman–Crippen MR) is 83.7 cm³/mol. The van der Waals surface area contributed by atoms with E-state index in [9.17, 15) is 4.39 Å². The van der Waals surface area contributed by atoms with Gasteiger partial charge in [0.1, 0.15) is 5.82 Å². The number of benzene rings is 1. The summed E-state index contributed by atoms with van der Waals surface area (Å²) < 4.78 is 13.6. The maximum Gasteiger partial charge on any atom is 0.142 e. The molecule has 0 amide bonds. The van der Waals surface area contributed by atoms with Gasteiger partial charge in [-0.1, -0.05) is 23.7 Å². The Bertz CT molecular complexity index is 521. The van der Waals surface area contributed by atoms with Crippen LogP contribution in [-0.4, -0.2) is 6.04 Å². The van der Waals surface area contributed by atoms with Crippen molar-refractivity contribution in [2.24, 2.45) is 28.9 Å². The van der Waals surface area contributed by atoms with Gasteiger partial charge in [0, 0.05) is 6.04 Å². The van der Waals surface area contributed by atoms with Gasteiger partial charge in [-0.05, 0) is 79.7 Å². The van der Waals surface area contributed by atoms with Crippen LogP contribution < -0.4 is 5.73 Å². The van der Waals surface area contributed by atoms with Crippen molar-refractivity contribution in [3.05, 3.63) is 34.6 Å². The normalized spacial score (nSPS) is 38.7. The Morgan fingerprint density at radius 3 is 2.29 bits per heavy atom. The van der Waals surface area contributed by atoms with Crippen molar-refractivity contribution in [1.82, 2.24) is 0 Å². The highest BCUT2D eigenvalue weighted by Gasteiger charge is 2.53. The van der Waals surface area contributed by atoms with Crippen LogP contribution >= 0.6 is 11.6 Å². The molecule has 1 unspecified atom stereocenters. The summed E-state index contributed by atoms with van der Waals surface area (Å²) >= 11 is 6.11. The van der Waals surface area contributed by atoms with Gasteiger partial charge in [0.15, 0.2) is 0 Å². The lowest BCUT2D eigenvalue weighted by atomic mass is 9.47. The second-order valence-corrected chi connectivity index (χ2v) is 8.18. The van der Waals surface area contributed by atoms with Gasteiger partial charge in [-0.25, -0.2) is 4.39 Å². The van der Waals surface area contributed by atoms with Crippen LogP contribution in [0.3, 0.4) is 0 Å². The van der Waals surface area contributed by atoms with Crippen molar-refractivity contribution >= 4 is 11.6 Å². The fourth-order valence-electron chi connectivity index (χ4n) is 5.79. The third-order valence-electron chi connectivity index (χ3n) is 6.34. The summed E-state index contributed by atoms with van der Waals surface area (Å²) in [7, 11) is 0. The largest absolute Gasteiger partial charge is 0.327 e. The first-order valence-corrected chi connectivity index (χ1v) is 8.62. The molecule has 0 saturated heterocycles. The molecule has 0 spiro atoms. The van der Waals surface area contributed by atoms with Crippen molar-refractivity contribution in [2.75, 3.05) is 0 Å². The highest BCUT2D eigenvalue weighted by molar-refractivity contribution is 6.31. The van der Waals surface area contributed by atoms with Crippen LogP contribution in [0.2, 0.25) is 5.02 Å². The van der Waals surface area contributed by atoms with Crippen molar-refractivity contribution < 1.29 is 4.39 Å². The van der Waals surface area contributed by atoms with E-state index < -0.39 is 0 Å². The average molecular weight is 308 g/mol. The van der Waals surface area contributed by atoms with E-state index >= 15 is 0 Å². The molecule has 4 fully saturated rings. The molecular formula is C18H23ClFN. The molecule has 4 aliphatic carbocycles. The van der Waals surface area contributed by atoms with Gasteiger partial charge in [-0.2, -0.15) is 0 Å². The summed E-state index contributed by atoms with van der Waals surface area (Å²) in [6, 6.07) is 5.20. The van der Waals surface area contributed by atoms with Crippen LogP contribution in [0, 0.1) is 29.0 Å². The zero-order valence-electron chi connectivity index (χ0n) is 12.3. The van der Waals surface area contributed by atoms with E-state index in [1.807, 2.05) is 6.07 Å². The highest BCUT2D eigenvalue weighted by atomic mass is 35.5. The van der Waals surface area contributed by atoms with E-state index in [0.717, 1.165) is 23.3 Å². The molecule has 4 saturated carbocycles. The summed E-state index contributed by atoms with van der Waals surface area (Å²) in [4.78, 5) is 0. The average Bonchev–Trinajstić information content (AvgIpc) is 2.42. The third kappa shape index (κ3) is 2.31. The maximum atomic E-state index is 13.6. The molecule has 2 N–H and O–H groups in total. The first-order chi connectivity index (χ1) is 10.1. The number of nitrogens with two attached hydrogens (primary N) is 1. The Morgan fingerprint density at radius 1 is 1.14 bits per heavy atom. The zero-order chi connectivity index (χ0) is 14.6. The smallest absolute Gasteiger partial charge is 0.142 e. The molecule has 0 aliphatic heterocycles. The van der Waals surface area contributed by atoms with E-state index in [0.29, 0.717) is 11.8 Å². The highest BCUT2D eigenvalue weighted by Crippen LogP contribution is 2.61. The van der Waals surface area contributed by atoms with Crippen molar-refractivity contribution in [2.45, 2.75) is 51.0 Å². The minimum Gasteiger partial charge on any atom is -0.327 e. The maximum absolute atomic E-state index is 13.6. The molecule has 114 valence electrons. The van der Waals surface area contributed by atoms with E-state index in [1.54, 1.807) is 6.07 Å². The predicted octanol–water partition coefficient (Wildman–Crippen LogP) is 4.57. The van der Waals surface area contributed by atoms with Crippen LogP contribution in [-0.2, 0) is 6.42 Å². The Labute approximate surface area is 131 Å². The SMILES string of the molecule is NC(Cc1cccc(F)c1Cl)C12CC3CC(CC(C3)C1)C2. The van der Waals surface area contributed by atoms with Gasteiger partial charge in [0.25, 0.3) is 0 Å². The molecule has 1 aromatic carbocycles. The summed E-state index contributed by atoms with van der Waals surface area (Å²) in [5, 5.41) is 0.262. The molecule has 0 aromatic heterocycles. The zero-order valence-corrected chi connectivity index (χ0v) is 13.1. The summed E-state index contributed by atoms with van der Waals surface area (Å²) in [5.74, 6) is 2.35. The van der Waals surface area contributed by atoms with Gasteiger partial charge < -0.3 is 5.73 Å². The Hall–Kier alpha value is -0.600. The fraction of sp³-hybridized carbons (Fsp3) is 0.667. The fourth-order valence-corrected chi connectivity index (χ4v) is 5.99. The van der Waals surface area contributed by atoms with Crippen LogP contribution in [0.1, 0.15) is 44.1 Å². The van der Waals surface area contributed by atoms with Gasteiger partial charge in [-0.15, -0.1) is 0 Å².